The molecule has 2 N–H and O–H groups in total. The second-order valence-corrected chi connectivity index (χ2v) is 7.38. The van der Waals surface area contributed by atoms with Crippen molar-refractivity contribution in [2.24, 2.45) is 4.99 Å². The maximum Gasteiger partial charge on any atom is 0.416 e. The molecule has 0 amide bonds. The fourth-order valence-electron chi connectivity index (χ4n) is 3.62. The zero-order valence-electron chi connectivity index (χ0n) is 17.1. The molecule has 0 radical (unpaired) electrons. The Bertz CT molecular complexity index is 866. The molecule has 1 saturated heterocycles. The van der Waals surface area contributed by atoms with Crippen LogP contribution in [-0.2, 0) is 22.9 Å². The molecule has 1 heterocycles. The number of aliphatic imine (C=N–C) groups is 1. The minimum Gasteiger partial charge on any atom is -0.381 e. The second kappa shape index (κ2) is 11.1. The SMILES string of the molecule is CN=C(NCc1ccc(F)cc1)NCC1(c2cccc(C(F)(F)F)c2)CCOCC1.I. The molecule has 4 nitrogen and oxygen atoms in total. The minimum absolute atomic E-state index is 0. The normalized spacial score (nSPS) is 16.4. The van der Waals surface area contributed by atoms with Crippen LogP contribution in [0.5, 0.6) is 0 Å². The van der Waals surface area contributed by atoms with Crippen LogP contribution in [0.25, 0.3) is 0 Å². The van der Waals surface area contributed by atoms with E-state index >= 15 is 0 Å². The maximum atomic E-state index is 13.2. The molecule has 0 saturated carbocycles. The Morgan fingerprint density at radius 2 is 1.74 bits per heavy atom. The highest BCUT2D eigenvalue weighted by Gasteiger charge is 2.37. The van der Waals surface area contributed by atoms with Crippen LogP contribution >= 0.6 is 24.0 Å². The van der Waals surface area contributed by atoms with Crippen molar-refractivity contribution < 1.29 is 22.3 Å². The van der Waals surface area contributed by atoms with E-state index in [0.717, 1.165) is 11.6 Å². The van der Waals surface area contributed by atoms with E-state index in [9.17, 15) is 17.6 Å². The second-order valence-electron chi connectivity index (χ2n) is 7.38. The average Bonchev–Trinajstić information content (AvgIpc) is 2.75. The average molecular weight is 551 g/mol. The van der Waals surface area contributed by atoms with E-state index in [1.54, 1.807) is 25.2 Å². The molecule has 2 aromatic carbocycles. The van der Waals surface area contributed by atoms with Crippen LogP contribution in [0.15, 0.2) is 53.5 Å². The number of rotatable bonds is 5. The fourth-order valence-corrected chi connectivity index (χ4v) is 3.62. The maximum absolute atomic E-state index is 13.2. The van der Waals surface area contributed by atoms with E-state index in [2.05, 4.69) is 15.6 Å². The summed E-state index contributed by atoms with van der Waals surface area (Å²) in [4.78, 5) is 4.20. The number of benzene rings is 2. The Morgan fingerprint density at radius 1 is 1.06 bits per heavy atom. The Balaban J connectivity index is 0.00000341. The van der Waals surface area contributed by atoms with Crippen LogP contribution in [0.1, 0.15) is 29.5 Å². The molecular weight excluding hydrogens is 525 g/mol. The summed E-state index contributed by atoms with van der Waals surface area (Å²) in [6.45, 7) is 1.83. The van der Waals surface area contributed by atoms with Gasteiger partial charge in [0.2, 0.25) is 0 Å². The molecule has 170 valence electrons. The van der Waals surface area contributed by atoms with Gasteiger partial charge < -0.3 is 15.4 Å². The first-order chi connectivity index (χ1) is 14.3. The van der Waals surface area contributed by atoms with Gasteiger partial charge in [0.25, 0.3) is 0 Å². The van der Waals surface area contributed by atoms with E-state index in [-0.39, 0.29) is 29.8 Å². The summed E-state index contributed by atoms with van der Waals surface area (Å²) in [5, 5.41) is 6.40. The fraction of sp³-hybridized carbons (Fsp3) is 0.409. The number of hydrogen-bond acceptors (Lipinski definition) is 2. The van der Waals surface area contributed by atoms with Crippen molar-refractivity contribution in [2.45, 2.75) is 31.0 Å². The van der Waals surface area contributed by atoms with Crippen LogP contribution < -0.4 is 10.6 Å². The van der Waals surface area contributed by atoms with Gasteiger partial charge in [0.15, 0.2) is 5.96 Å². The molecule has 2 aromatic rings. The van der Waals surface area contributed by atoms with Crippen LogP contribution in [0.4, 0.5) is 17.6 Å². The van der Waals surface area contributed by atoms with E-state index in [4.69, 9.17) is 4.74 Å². The zero-order valence-corrected chi connectivity index (χ0v) is 19.5. The lowest BCUT2D eigenvalue weighted by Crippen LogP contribution is -2.48. The smallest absolute Gasteiger partial charge is 0.381 e. The van der Waals surface area contributed by atoms with Gasteiger partial charge in [0, 0.05) is 38.8 Å². The molecule has 9 heteroatoms. The topological polar surface area (TPSA) is 45.7 Å². The summed E-state index contributed by atoms with van der Waals surface area (Å²) in [5.41, 5.74) is 0.386. The number of ether oxygens (including phenoxy) is 1. The van der Waals surface area contributed by atoms with Crippen molar-refractivity contribution >= 4 is 29.9 Å². The quantitative estimate of drug-likeness (QED) is 0.241. The van der Waals surface area contributed by atoms with Gasteiger partial charge >= 0.3 is 6.18 Å². The summed E-state index contributed by atoms with van der Waals surface area (Å²) >= 11 is 0. The van der Waals surface area contributed by atoms with Crippen molar-refractivity contribution in [2.75, 3.05) is 26.8 Å². The summed E-state index contributed by atoms with van der Waals surface area (Å²) in [5.74, 6) is 0.223. The predicted molar refractivity (Wildman–Crippen MR) is 123 cm³/mol. The molecule has 0 atom stereocenters. The predicted octanol–water partition coefficient (Wildman–Crippen LogP) is 4.88. The van der Waals surface area contributed by atoms with E-state index < -0.39 is 17.2 Å². The van der Waals surface area contributed by atoms with Gasteiger partial charge in [-0.1, -0.05) is 30.3 Å². The molecular formula is C22H26F4IN3O. The number of hydrogen-bond donors (Lipinski definition) is 2. The number of nitrogens with zero attached hydrogens (tertiary/aromatic N) is 1. The van der Waals surface area contributed by atoms with Crippen molar-refractivity contribution in [3.8, 4) is 0 Å². The standard InChI is InChI=1S/C22H25F4N3O.HI/c1-27-20(28-14-16-5-7-19(23)8-6-16)29-15-21(9-11-30-12-10-21)17-3-2-4-18(13-17)22(24,25)26;/h2-8,13H,9-12,14-15H2,1H3,(H2,27,28,29);1H. The third kappa shape index (κ3) is 6.80. The summed E-state index contributed by atoms with van der Waals surface area (Å²) in [6.07, 6.45) is -3.17. The van der Waals surface area contributed by atoms with Crippen LogP contribution in [0.2, 0.25) is 0 Å². The zero-order chi connectivity index (χ0) is 21.6. The Labute approximate surface area is 196 Å². The Morgan fingerprint density at radius 3 is 2.35 bits per heavy atom. The van der Waals surface area contributed by atoms with Crippen LogP contribution in [0, 0.1) is 5.82 Å². The van der Waals surface area contributed by atoms with Crippen LogP contribution in [0.3, 0.4) is 0 Å². The van der Waals surface area contributed by atoms with Gasteiger partial charge in [-0.05, 0) is 42.2 Å². The van der Waals surface area contributed by atoms with E-state index in [0.29, 0.717) is 50.7 Å². The first kappa shape index (κ1) is 25.4. The molecule has 1 fully saturated rings. The van der Waals surface area contributed by atoms with E-state index in [1.807, 2.05) is 0 Å². The Kier molecular flexibility index (Phi) is 9.11. The Hall–Kier alpha value is -1.88. The molecule has 1 aliphatic heterocycles. The van der Waals surface area contributed by atoms with Gasteiger partial charge in [-0.25, -0.2) is 4.39 Å². The molecule has 3 rings (SSSR count). The third-order valence-electron chi connectivity index (χ3n) is 5.44. The number of halogens is 5. The third-order valence-corrected chi connectivity index (χ3v) is 5.44. The highest BCUT2D eigenvalue weighted by molar-refractivity contribution is 14.0. The van der Waals surface area contributed by atoms with Gasteiger partial charge in [-0.3, -0.25) is 4.99 Å². The van der Waals surface area contributed by atoms with Crippen molar-refractivity contribution in [1.29, 1.82) is 0 Å². The molecule has 0 bridgehead atoms. The lowest BCUT2D eigenvalue weighted by Gasteiger charge is -2.38. The highest BCUT2D eigenvalue weighted by Crippen LogP contribution is 2.37. The van der Waals surface area contributed by atoms with Crippen LogP contribution in [-0.4, -0.2) is 32.8 Å². The first-order valence-electron chi connectivity index (χ1n) is 9.77. The summed E-state index contributed by atoms with van der Waals surface area (Å²) in [7, 11) is 1.63. The first-order valence-corrected chi connectivity index (χ1v) is 9.77. The van der Waals surface area contributed by atoms with Crippen molar-refractivity contribution in [1.82, 2.24) is 10.6 Å². The summed E-state index contributed by atoms with van der Waals surface area (Å²) in [6, 6.07) is 11.7. The summed E-state index contributed by atoms with van der Waals surface area (Å²) < 4.78 is 58.2. The minimum atomic E-state index is -4.39. The van der Waals surface area contributed by atoms with Gasteiger partial charge in [0.05, 0.1) is 5.56 Å². The molecule has 0 spiro atoms. The van der Waals surface area contributed by atoms with Gasteiger partial charge in [-0.2, -0.15) is 13.2 Å². The van der Waals surface area contributed by atoms with Gasteiger partial charge in [-0.15, -0.1) is 24.0 Å². The largest absolute Gasteiger partial charge is 0.416 e. The number of nitrogens with one attached hydrogen (secondary N) is 2. The monoisotopic (exact) mass is 551 g/mol. The van der Waals surface area contributed by atoms with Crippen molar-refractivity contribution in [3.63, 3.8) is 0 Å². The molecule has 1 aliphatic rings. The number of guanidine groups is 1. The molecule has 31 heavy (non-hydrogen) atoms. The van der Waals surface area contributed by atoms with E-state index in [1.165, 1.54) is 24.3 Å². The lowest BCUT2D eigenvalue weighted by molar-refractivity contribution is -0.137. The van der Waals surface area contributed by atoms with Gasteiger partial charge in [0.1, 0.15) is 5.82 Å². The molecule has 0 aromatic heterocycles. The van der Waals surface area contributed by atoms with Crippen molar-refractivity contribution in [3.05, 3.63) is 71.0 Å². The molecule has 0 aliphatic carbocycles. The highest BCUT2D eigenvalue weighted by atomic mass is 127. The number of alkyl halides is 3. The molecule has 0 unspecified atom stereocenters. The lowest BCUT2D eigenvalue weighted by atomic mass is 9.73.